The molecular formula is C19H26INO3. The Labute approximate surface area is 158 Å². The Morgan fingerprint density at radius 3 is 2.62 bits per heavy atom. The van der Waals surface area contributed by atoms with Gasteiger partial charge in [0.1, 0.15) is 0 Å². The number of ether oxygens (including phenoxy) is 1. The highest BCUT2D eigenvalue weighted by molar-refractivity contribution is 14.1. The van der Waals surface area contributed by atoms with E-state index in [2.05, 4.69) is 22.6 Å². The molecule has 1 aromatic carbocycles. The monoisotopic (exact) mass is 443 g/mol. The molecule has 132 valence electrons. The average Bonchev–Trinajstić information content (AvgIpc) is 2.61. The Bertz CT molecular complexity index is 535. The van der Waals surface area contributed by atoms with E-state index in [4.69, 9.17) is 4.74 Å². The van der Waals surface area contributed by atoms with Crippen molar-refractivity contribution in [3.8, 4) is 0 Å². The largest absolute Gasteiger partial charge is 0.466 e. The lowest BCUT2D eigenvalue weighted by Gasteiger charge is -2.38. The standard InChI is InChI=1S/C19H26INO3/c1-2-24-18(22)9-8-15-11-13-21(14-17(15)10-12-20)19(23)16-6-4-3-5-7-16/h3-7,15,17H,2,8-14H2,1H3. The summed E-state index contributed by atoms with van der Waals surface area (Å²) in [5, 5.41) is 0. The first-order chi connectivity index (χ1) is 11.7. The minimum absolute atomic E-state index is 0.103. The molecule has 0 N–H and O–H groups in total. The van der Waals surface area contributed by atoms with E-state index in [0.29, 0.717) is 24.9 Å². The molecule has 1 fully saturated rings. The number of benzene rings is 1. The zero-order valence-electron chi connectivity index (χ0n) is 14.2. The van der Waals surface area contributed by atoms with Gasteiger partial charge < -0.3 is 9.64 Å². The number of alkyl halides is 1. The smallest absolute Gasteiger partial charge is 0.305 e. The van der Waals surface area contributed by atoms with E-state index in [1.165, 1.54) is 0 Å². The van der Waals surface area contributed by atoms with Gasteiger partial charge >= 0.3 is 5.97 Å². The lowest BCUT2D eigenvalue weighted by Crippen LogP contribution is -2.44. The van der Waals surface area contributed by atoms with Crippen LogP contribution in [-0.4, -0.2) is 40.9 Å². The molecule has 1 aliphatic rings. The number of rotatable bonds is 7. The fourth-order valence-corrected chi connectivity index (χ4v) is 4.21. The molecule has 24 heavy (non-hydrogen) atoms. The molecule has 0 saturated carbocycles. The van der Waals surface area contributed by atoms with Gasteiger partial charge in [0.25, 0.3) is 5.91 Å². The Balaban J connectivity index is 1.94. The van der Waals surface area contributed by atoms with E-state index >= 15 is 0 Å². The Morgan fingerprint density at radius 2 is 1.96 bits per heavy atom. The number of esters is 1. The van der Waals surface area contributed by atoms with Gasteiger partial charge in [0.2, 0.25) is 0 Å². The molecule has 1 aromatic rings. The maximum Gasteiger partial charge on any atom is 0.305 e. The summed E-state index contributed by atoms with van der Waals surface area (Å²) in [6.07, 6.45) is 3.42. The fourth-order valence-electron chi connectivity index (χ4n) is 3.41. The second kappa shape index (κ2) is 10.0. The molecule has 2 unspecified atom stereocenters. The topological polar surface area (TPSA) is 46.6 Å². The summed E-state index contributed by atoms with van der Waals surface area (Å²) in [4.78, 5) is 26.3. The molecule has 1 amide bonds. The van der Waals surface area contributed by atoms with Gasteiger partial charge in [-0.05, 0) is 54.6 Å². The van der Waals surface area contributed by atoms with Crippen LogP contribution in [0.2, 0.25) is 0 Å². The molecule has 1 saturated heterocycles. The Morgan fingerprint density at radius 1 is 1.21 bits per heavy atom. The fraction of sp³-hybridized carbons (Fsp3) is 0.579. The number of hydrogen-bond acceptors (Lipinski definition) is 3. The lowest BCUT2D eigenvalue weighted by atomic mass is 9.80. The van der Waals surface area contributed by atoms with Crippen molar-refractivity contribution in [2.24, 2.45) is 11.8 Å². The second-order valence-corrected chi connectivity index (χ2v) is 7.33. The van der Waals surface area contributed by atoms with Gasteiger partial charge in [-0.15, -0.1) is 0 Å². The molecule has 0 aliphatic carbocycles. The summed E-state index contributed by atoms with van der Waals surface area (Å²) >= 11 is 2.40. The van der Waals surface area contributed by atoms with Crippen molar-refractivity contribution in [2.45, 2.75) is 32.6 Å². The molecular weight excluding hydrogens is 417 g/mol. The molecule has 2 atom stereocenters. The molecule has 0 aromatic heterocycles. The van der Waals surface area contributed by atoms with E-state index in [-0.39, 0.29) is 11.9 Å². The number of halogens is 1. The highest BCUT2D eigenvalue weighted by atomic mass is 127. The first-order valence-corrected chi connectivity index (χ1v) is 10.2. The number of piperidine rings is 1. The van der Waals surface area contributed by atoms with Gasteiger partial charge in [-0.1, -0.05) is 40.8 Å². The first-order valence-electron chi connectivity index (χ1n) is 8.71. The van der Waals surface area contributed by atoms with Gasteiger partial charge in [-0.2, -0.15) is 0 Å². The van der Waals surface area contributed by atoms with Crippen LogP contribution < -0.4 is 0 Å². The minimum atomic E-state index is -0.103. The summed E-state index contributed by atoms with van der Waals surface area (Å²) in [6, 6.07) is 9.49. The summed E-state index contributed by atoms with van der Waals surface area (Å²) in [7, 11) is 0. The Kier molecular flexibility index (Phi) is 8.02. The van der Waals surface area contributed by atoms with E-state index < -0.39 is 0 Å². The highest BCUT2D eigenvalue weighted by Gasteiger charge is 2.31. The van der Waals surface area contributed by atoms with Crippen molar-refractivity contribution in [3.05, 3.63) is 35.9 Å². The van der Waals surface area contributed by atoms with E-state index in [9.17, 15) is 9.59 Å². The highest BCUT2D eigenvalue weighted by Crippen LogP contribution is 2.31. The molecule has 0 radical (unpaired) electrons. The predicted octanol–water partition coefficient (Wildman–Crippen LogP) is 3.93. The van der Waals surface area contributed by atoms with Crippen LogP contribution in [-0.2, 0) is 9.53 Å². The van der Waals surface area contributed by atoms with Gasteiger partial charge in [0, 0.05) is 25.1 Å². The van der Waals surface area contributed by atoms with Crippen molar-refractivity contribution in [3.63, 3.8) is 0 Å². The summed E-state index contributed by atoms with van der Waals surface area (Å²) in [6.45, 7) is 3.85. The second-order valence-electron chi connectivity index (χ2n) is 6.25. The maximum atomic E-state index is 12.7. The summed E-state index contributed by atoms with van der Waals surface area (Å²) in [5.41, 5.74) is 0.760. The average molecular weight is 443 g/mol. The van der Waals surface area contributed by atoms with Crippen LogP contribution in [0.4, 0.5) is 0 Å². The molecule has 0 spiro atoms. The number of nitrogens with zero attached hydrogens (tertiary/aromatic N) is 1. The van der Waals surface area contributed by atoms with E-state index in [0.717, 1.165) is 42.3 Å². The number of carbonyl (C=O) groups is 2. The minimum Gasteiger partial charge on any atom is -0.466 e. The maximum absolute atomic E-state index is 12.7. The van der Waals surface area contributed by atoms with Crippen LogP contribution in [0.25, 0.3) is 0 Å². The van der Waals surface area contributed by atoms with Crippen molar-refractivity contribution in [1.29, 1.82) is 0 Å². The van der Waals surface area contributed by atoms with Gasteiger partial charge in [-0.3, -0.25) is 9.59 Å². The van der Waals surface area contributed by atoms with Gasteiger partial charge in [-0.25, -0.2) is 0 Å². The van der Waals surface area contributed by atoms with Crippen LogP contribution in [0.5, 0.6) is 0 Å². The van der Waals surface area contributed by atoms with E-state index in [1.54, 1.807) is 0 Å². The predicted molar refractivity (Wildman–Crippen MR) is 103 cm³/mol. The number of carbonyl (C=O) groups excluding carboxylic acids is 2. The normalized spacial score (nSPS) is 20.7. The summed E-state index contributed by atoms with van der Waals surface area (Å²) in [5.74, 6) is 0.994. The molecule has 5 heteroatoms. The van der Waals surface area contributed by atoms with Crippen LogP contribution >= 0.6 is 22.6 Å². The van der Waals surface area contributed by atoms with Crippen LogP contribution in [0, 0.1) is 11.8 Å². The van der Waals surface area contributed by atoms with Crippen molar-refractivity contribution >= 4 is 34.5 Å². The molecule has 0 bridgehead atoms. The van der Waals surface area contributed by atoms with Crippen molar-refractivity contribution < 1.29 is 14.3 Å². The zero-order chi connectivity index (χ0) is 17.4. The molecule has 1 aliphatic heterocycles. The molecule has 1 heterocycles. The third-order valence-corrected chi connectivity index (χ3v) is 5.33. The van der Waals surface area contributed by atoms with Crippen LogP contribution in [0.3, 0.4) is 0 Å². The number of hydrogen-bond donors (Lipinski definition) is 0. The van der Waals surface area contributed by atoms with Gasteiger partial charge in [0.05, 0.1) is 6.61 Å². The third kappa shape index (κ3) is 5.46. The molecule has 2 rings (SSSR count). The van der Waals surface area contributed by atoms with Crippen molar-refractivity contribution in [1.82, 2.24) is 4.90 Å². The van der Waals surface area contributed by atoms with Crippen LogP contribution in [0.1, 0.15) is 43.0 Å². The Hall–Kier alpha value is -1.11. The van der Waals surface area contributed by atoms with Crippen molar-refractivity contribution in [2.75, 3.05) is 24.1 Å². The van der Waals surface area contributed by atoms with Crippen LogP contribution in [0.15, 0.2) is 30.3 Å². The third-order valence-electron chi connectivity index (χ3n) is 4.70. The van der Waals surface area contributed by atoms with E-state index in [1.807, 2.05) is 42.2 Å². The quantitative estimate of drug-likeness (QED) is 0.365. The SMILES string of the molecule is CCOC(=O)CCC1CCN(C(=O)c2ccccc2)CC1CCI. The van der Waals surface area contributed by atoms with Gasteiger partial charge in [0.15, 0.2) is 0 Å². The first kappa shape index (κ1) is 19.2. The summed E-state index contributed by atoms with van der Waals surface area (Å²) < 4.78 is 6.12. The lowest BCUT2D eigenvalue weighted by molar-refractivity contribution is -0.143. The number of likely N-dealkylation sites (tertiary alicyclic amines) is 1. The zero-order valence-corrected chi connectivity index (χ0v) is 16.4. The molecule has 4 nitrogen and oxygen atoms in total. The number of amides is 1.